The summed E-state index contributed by atoms with van der Waals surface area (Å²) in [6.07, 6.45) is 2.65. The first-order valence-corrected chi connectivity index (χ1v) is 9.95. The van der Waals surface area contributed by atoms with Gasteiger partial charge in [0.05, 0.1) is 23.7 Å². The van der Waals surface area contributed by atoms with Crippen LogP contribution in [0.1, 0.15) is 56.6 Å². The molecular formula is C20H29N7+2. The van der Waals surface area contributed by atoms with Crippen LogP contribution in [0.5, 0.6) is 0 Å². The van der Waals surface area contributed by atoms with E-state index in [0.29, 0.717) is 5.56 Å². The van der Waals surface area contributed by atoms with E-state index in [9.17, 15) is 5.26 Å². The Kier molecular flexibility index (Phi) is 4.70. The number of fused-ring (bicyclic) bond motifs is 1. The first kappa shape index (κ1) is 18.1. The molecule has 27 heavy (non-hydrogen) atoms. The molecule has 2 saturated heterocycles. The van der Waals surface area contributed by atoms with E-state index in [0.717, 1.165) is 30.5 Å². The lowest BCUT2D eigenvalue weighted by Crippen LogP contribution is -3.29. The number of hydrogen-bond donors (Lipinski definition) is 2. The molecule has 2 aromatic rings. The zero-order valence-electron chi connectivity index (χ0n) is 16.4. The van der Waals surface area contributed by atoms with Crippen molar-refractivity contribution < 1.29 is 9.80 Å². The van der Waals surface area contributed by atoms with Gasteiger partial charge in [-0.1, -0.05) is 12.1 Å². The third-order valence-corrected chi connectivity index (χ3v) is 6.05. The van der Waals surface area contributed by atoms with Crippen molar-refractivity contribution in [3.63, 3.8) is 0 Å². The average Bonchev–Trinajstić information content (AvgIpc) is 3.31. The van der Waals surface area contributed by atoms with Gasteiger partial charge in [0.25, 0.3) is 0 Å². The van der Waals surface area contributed by atoms with Crippen LogP contribution in [0, 0.1) is 11.3 Å². The maximum atomic E-state index is 9.39. The van der Waals surface area contributed by atoms with Gasteiger partial charge in [0, 0.05) is 18.4 Å². The van der Waals surface area contributed by atoms with Crippen molar-refractivity contribution in [3.8, 4) is 6.07 Å². The normalized spacial score (nSPS) is 26.4. The number of nitrogens with one attached hydrogen (secondary N) is 2. The molecule has 7 heteroatoms. The van der Waals surface area contributed by atoms with Crippen LogP contribution in [0.2, 0.25) is 0 Å². The van der Waals surface area contributed by atoms with Crippen LogP contribution >= 0.6 is 0 Å². The molecule has 4 atom stereocenters. The van der Waals surface area contributed by atoms with Crippen LogP contribution in [-0.2, 0) is 5.54 Å². The molecule has 4 rings (SSSR count). The standard InChI is InChI=1S/C20H27N7/c1-20(2,3)27-19(22-23-24-27)18(16-7-4-6-15(12-16)13-21)26-11-10-25-9-5-8-17(25)14-26/h4,6-7,12,17-18H,5,8-11,14H2,1-3H3/p+2/t17-,18+/m1/s1. The number of nitriles is 1. The van der Waals surface area contributed by atoms with Gasteiger partial charge < -0.3 is 9.80 Å². The van der Waals surface area contributed by atoms with Crippen LogP contribution in [0.3, 0.4) is 0 Å². The maximum absolute atomic E-state index is 9.39. The molecular weight excluding hydrogens is 338 g/mol. The van der Waals surface area contributed by atoms with Crippen molar-refractivity contribution in [3.05, 3.63) is 41.2 Å². The summed E-state index contributed by atoms with van der Waals surface area (Å²) >= 11 is 0. The lowest BCUT2D eigenvalue weighted by molar-refractivity contribution is -1.03. The molecule has 2 fully saturated rings. The molecule has 0 radical (unpaired) electrons. The van der Waals surface area contributed by atoms with Crippen LogP contribution in [-0.4, -0.2) is 52.4 Å². The lowest BCUT2D eigenvalue weighted by Gasteiger charge is -2.37. The topological polar surface area (TPSA) is 76.3 Å². The molecule has 0 spiro atoms. The summed E-state index contributed by atoms with van der Waals surface area (Å²) in [5, 5.41) is 22.2. The molecule has 0 aliphatic carbocycles. The smallest absolute Gasteiger partial charge is 0.214 e. The summed E-state index contributed by atoms with van der Waals surface area (Å²) < 4.78 is 1.96. The van der Waals surface area contributed by atoms with E-state index in [1.54, 1.807) is 4.90 Å². The first-order valence-electron chi connectivity index (χ1n) is 9.95. The third-order valence-electron chi connectivity index (χ3n) is 6.05. The molecule has 2 aliphatic heterocycles. The Morgan fingerprint density at radius 3 is 2.89 bits per heavy atom. The molecule has 2 N–H and O–H groups in total. The number of hydrogen-bond acceptors (Lipinski definition) is 4. The predicted molar refractivity (Wildman–Crippen MR) is 100 cm³/mol. The maximum Gasteiger partial charge on any atom is 0.214 e. The first-order chi connectivity index (χ1) is 13.0. The number of benzene rings is 1. The minimum absolute atomic E-state index is 0.0506. The van der Waals surface area contributed by atoms with Crippen molar-refractivity contribution in [1.82, 2.24) is 20.2 Å². The Bertz CT molecular complexity index is 845. The van der Waals surface area contributed by atoms with Gasteiger partial charge in [-0.05, 0) is 43.3 Å². The van der Waals surface area contributed by atoms with E-state index in [2.05, 4.69) is 48.4 Å². The van der Waals surface area contributed by atoms with E-state index in [1.807, 2.05) is 22.9 Å². The van der Waals surface area contributed by atoms with Crippen molar-refractivity contribution >= 4 is 0 Å². The van der Waals surface area contributed by atoms with Crippen LogP contribution in [0.15, 0.2) is 24.3 Å². The number of rotatable bonds is 3. The molecule has 142 valence electrons. The molecule has 0 amide bonds. The summed E-state index contributed by atoms with van der Waals surface area (Å²) in [6.45, 7) is 11.1. The van der Waals surface area contributed by atoms with Gasteiger partial charge in [-0.3, -0.25) is 0 Å². The van der Waals surface area contributed by atoms with Gasteiger partial charge >= 0.3 is 0 Å². The van der Waals surface area contributed by atoms with Crippen LogP contribution in [0.25, 0.3) is 0 Å². The van der Waals surface area contributed by atoms with Crippen LogP contribution in [0.4, 0.5) is 0 Å². The predicted octanol–water partition coefficient (Wildman–Crippen LogP) is -0.665. The molecule has 0 bridgehead atoms. The summed E-state index contributed by atoms with van der Waals surface area (Å²) in [6, 6.07) is 11.0. The van der Waals surface area contributed by atoms with Gasteiger partial charge in [0.2, 0.25) is 5.82 Å². The fourth-order valence-electron chi connectivity index (χ4n) is 4.77. The SMILES string of the molecule is CC(C)(C)n1nnnc1[C@H](c1cccc(C#N)c1)[NH+]1CC[NH+]2CCC[C@@H]2C1. The highest BCUT2D eigenvalue weighted by atomic mass is 15.6. The fraction of sp³-hybridized carbons (Fsp3) is 0.600. The highest BCUT2D eigenvalue weighted by Gasteiger charge is 2.43. The molecule has 3 heterocycles. The monoisotopic (exact) mass is 367 g/mol. The van der Waals surface area contributed by atoms with E-state index < -0.39 is 0 Å². The van der Waals surface area contributed by atoms with Crippen molar-refractivity contribution in [2.24, 2.45) is 0 Å². The summed E-state index contributed by atoms with van der Waals surface area (Å²) in [5.74, 6) is 0.897. The minimum atomic E-state index is -0.191. The van der Waals surface area contributed by atoms with E-state index >= 15 is 0 Å². The summed E-state index contributed by atoms with van der Waals surface area (Å²) in [7, 11) is 0. The van der Waals surface area contributed by atoms with E-state index in [4.69, 9.17) is 0 Å². The number of aromatic nitrogens is 4. The van der Waals surface area contributed by atoms with Gasteiger partial charge in [-0.15, -0.1) is 5.10 Å². The van der Waals surface area contributed by atoms with Crippen LogP contribution < -0.4 is 9.80 Å². The van der Waals surface area contributed by atoms with Crippen molar-refractivity contribution in [2.75, 3.05) is 26.2 Å². The number of nitrogens with zero attached hydrogens (tertiary/aromatic N) is 5. The number of tetrazole rings is 1. The van der Waals surface area contributed by atoms with Gasteiger partial charge in [0.15, 0.2) is 6.04 Å². The van der Waals surface area contributed by atoms with E-state index in [-0.39, 0.29) is 11.6 Å². The second kappa shape index (κ2) is 7.02. The Morgan fingerprint density at radius 1 is 1.26 bits per heavy atom. The molecule has 0 saturated carbocycles. The van der Waals surface area contributed by atoms with Gasteiger partial charge in [0.1, 0.15) is 25.7 Å². The molecule has 2 aliphatic rings. The van der Waals surface area contributed by atoms with E-state index in [1.165, 1.54) is 30.8 Å². The van der Waals surface area contributed by atoms with Gasteiger partial charge in [-0.2, -0.15) is 5.26 Å². The average molecular weight is 368 g/mol. The van der Waals surface area contributed by atoms with Gasteiger partial charge in [-0.25, -0.2) is 4.68 Å². The largest absolute Gasteiger partial charge is 0.323 e. The third kappa shape index (κ3) is 3.47. The Hall–Kier alpha value is -2.30. The highest BCUT2D eigenvalue weighted by Crippen LogP contribution is 2.23. The second-order valence-electron chi connectivity index (χ2n) is 8.90. The zero-order valence-corrected chi connectivity index (χ0v) is 16.4. The molecule has 1 aromatic heterocycles. The Labute approximate surface area is 160 Å². The van der Waals surface area contributed by atoms with Crippen molar-refractivity contribution in [1.29, 1.82) is 5.26 Å². The zero-order chi connectivity index (χ0) is 19.0. The number of piperazine rings is 1. The second-order valence-corrected chi connectivity index (χ2v) is 8.90. The highest BCUT2D eigenvalue weighted by molar-refractivity contribution is 5.35. The summed E-state index contributed by atoms with van der Waals surface area (Å²) in [4.78, 5) is 3.28. The van der Waals surface area contributed by atoms with Crippen molar-refractivity contribution in [2.45, 2.75) is 51.2 Å². The Morgan fingerprint density at radius 2 is 2.11 bits per heavy atom. The number of quaternary nitrogens is 2. The minimum Gasteiger partial charge on any atom is -0.323 e. The summed E-state index contributed by atoms with van der Waals surface area (Å²) in [5.41, 5.74) is 1.63. The molecule has 1 aromatic carbocycles. The molecule has 7 nitrogen and oxygen atoms in total. The quantitative estimate of drug-likeness (QED) is 0.755. The lowest BCUT2D eigenvalue weighted by atomic mass is 9.99. The Balaban J connectivity index is 1.76. The fourth-order valence-corrected chi connectivity index (χ4v) is 4.77. The molecule has 2 unspecified atom stereocenters.